The van der Waals surface area contributed by atoms with Crippen molar-refractivity contribution in [1.29, 1.82) is 0 Å². The summed E-state index contributed by atoms with van der Waals surface area (Å²) in [5.41, 5.74) is 0. The first kappa shape index (κ1) is 60.8. The number of carbonyl (C=O) groups is 2. The average Bonchev–Trinajstić information content (AvgIpc) is 3.29. The topological polar surface area (TPSA) is 95.9 Å². The molecule has 1 amide bonds. The minimum atomic E-state index is -0.811. The highest BCUT2D eigenvalue weighted by Crippen LogP contribution is 2.16. The van der Waals surface area contributed by atoms with Crippen LogP contribution in [0.1, 0.15) is 233 Å². The van der Waals surface area contributed by atoms with Crippen LogP contribution in [-0.4, -0.2) is 46.9 Å². The van der Waals surface area contributed by atoms with Gasteiger partial charge in [-0.25, -0.2) is 0 Å². The molecule has 0 radical (unpaired) electrons. The quantitative estimate of drug-likeness (QED) is 0.0245. The van der Waals surface area contributed by atoms with Crippen molar-refractivity contribution in [3.8, 4) is 0 Å². The number of hydrogen-bond donors (Lipinski definition) is 3. The zero-order chi connectivity index (χ0) is 46.7. The van der Waals surface area contributed by atoms with Crippen LogP contribution in [0.25, 0.3) is 0 Å². The molecule has 366 valence electrons. The van der Waals surface area contributed by atoms with E-state index in [1.54, 1.807) is 0 Å². The van der Waals surface area contributed by atoms with Crippen LogP contribution in [0, 0.1) is 0 Å². The van der Waals surface area contributed by atoms with Crippen LogP contribution in [0.2, 0.25) is 0 Å². The zero-order valence-electron chi connectivity index (χ0n) is 41.6. The van der Waals surface area contributed by atoms with Crippen molar-refractivity contribution in [3.05, 3.63) is 97.2 Å². The number of amides is 1. The summed E-state index contributed by atoms with van der Waals surface area (Å²) in [5.74, 6) is -0.560. The lowest BCUT2D eigenvalue weighted by atomic mass is 10.0. The van der Waals surface area contributed by atoms with Crippen molar-refractivity contribution in [2.45, 2.75) is 251 Å². The van der Waals surface area contributed by atoms with Crippen LogP contribution in [-0.2, 0) is 14.3 Å². The fraction of sp³-hybridized carbons (Fsp3) is 0.690. The molecule has 0 aliphatic heterocycles. The van der Waals surface area contributed by atoms with Gasteiger partial charge < -0.3 is 20.3 Å². The third kappa shape index (κ3) is 45.4. The van der Waals surface area contributed by atoms with E-state index in [4.69, 9.17) is 4.74 Å². The Morgan fingerprint density at radius 2 is 0.922 bits per heavy atom. The molecule has 3 N–H and O–H groups in total. The molecule has 0 aliphatic rings. The summed E-state index contributed by atoms with van der Waals surface area (Å²) in [5, 5.41) is 23.7. The molecule has 0 aromatic carbocycles. The van der Waals surface area contributed by atoms with Crippen LogP contribution in [0.3, 0.4) is 0 Å². The van der Waals surface area contributed by atoms with Crippen molar-refractivity contribution < 1.29 is 24.5 Å². The number of aliphatic hydroxyl groups excluding tert-OH is 2. The Balaban J connectivity index is 4.74. The number of carbonyl (C=O) groups excluding carboxylic acids is 2. The minimum absolute atomic E-state index is 0.0248. The number of allylic oxidation sites excluding steroid dienone is 16. The van der Waals surface area contributed by atoms with Gasteiger partial charge in [0.1, 0.15) is 6.10 Å². The van der Waals surface area contributed by atoms with E-state index in [9.17, 15) is 19.8 Å². The summed E-state index contributed by atoms with van der Waals surface area (Å²) in [6.45, 7) is 6.31. The van der Waals surface area contributed by atoms with E-state index >= 15 is 0 Å². The molecule has 0 saturated carbocycles. The standard InChI is InChI=1S/C58H99NO5/c1-4-7-10-13-16-19-22-24-26-28-30-32-34-36-39-42-45-48-51-58(63)64-54(49-46-43-40-37-35-33-31-29-27-25-23-20-17-14-11-8-5-2)52-57(62)59-55(53-60)56(61)50-47-44-41-38-21-18-15-12-9-6-3/h8,11,17,20,22,24-28,30-33,37,40,54-56,60-61H,4-7,9-10,12-16,18-19,21,23,29,34-36,38-39,41-53H2,1-3H3,(H,59,62)/b11-8-,20-17-,24-22+,27-25-,28-26+,32-30+,33-31-,40-37-. The lowest BCUT2D eigenvalue weighted by Crippen LogP contribution is -2.46. The number of ether oxygens (including phenoxy) is 1. The molecule has 0 saturated heterocycles. The number of esters is 1. The highest BCUT2D eigenvalue weighted by atomic mass is 16.5. The maximum Gasteiger partial charge on any atom is 0.306 e. The number of aliphatic hydroxyl groups is 2. The molecule has 0 aromatic heterocycles. The molecule has 0 aliphatic carbocycles. The fourth-order valence-electron chi connectivity index (χ4n) is 7.46. The molecule has 6 nitrogen and oxygen atoms in total. The summed E-state index contributed by atoms with van der Waals surface area (Å²) in [6, 6.07) is -0.729. The second kappa shape index (κ2) is 50.8. The van der Waals surface area contributed by atoms with Gasteiger partial charge in [0.15, 0.2) is 0 Å². The lowest BCUT2D eigenvalue weighted by molar-refractivity contribution is -0.151. The third-order valence-corrected chi connectivity index (χ3v) is 11.5. The van der Waals surface area contributed by atoms with E-state index in [2.05, 4.69) is 123 Å². The number of nitrogens with one attached hydrogen (secondary N) is 1. The first-order valence-corrected chi connectivity index (χ1v) is 26.5. The average molecular weight is 890 g/mol. The molecule has 64 heavy (non-hydrogen) atoms. The summed E-state index contributed by atoms with van der Waals surface area (Å²) >= 11 is 0. The summed E-state index contributed by atoms with van der Waals surface area (Å²) < 4.78 is 5.90. The predicted molar refractivity (Wildman–Crippen MR) is 277 cm³/mol. The molecule has 3 atom stereocenters. The third-order valence-electron chi connectivity index (χ3n) is 11.5. The molecule has 0 spiro atoms. The predicted octanol–water partition coefficient (Wildman–Crippen LogP) is 16.1. The highest BCUT2D eigenvalue weighted by molar-refractivity contribution is 5.77. The van der Waals surface area contributed by atoms with Gasteiger partial charge in [0.25, 0.3) is 0 Å². The van der Waals surface area contributed by atoms with Crippen LogP contribution < -0.4 is 5.32 Å². The van der Waals surface area contributed by atoms with E-state index in [1.807, 2.05) is 0 Å². The van der Waals surface area contributed by atoms with Gasteiger partial charge in [0.2, 0.25) is 5.91 Å². The van der Waals surface area contributed by atoms with Crippen molar-refractivity contribution in [2.75, 3.05) is 6.61 Å². The smallest absolute Gasteiger partial charge is 0.306 e. The molecule has 0 bridgehead atoms. The largest absolute Gasteiger partial charge is 0.462 e. The second-order valence-corrected chi connectivity index (χ2v) is 17.6. The number of rotatable bonds is 46. The Morgan fingerprint density at radius 3 is 1.42 bits per heavy atom. The molecule has 0 rings (SSSR count). The summed E-state index contributed by atoms with van der Waals surface area (Å²) in [7, 11) is 0. The van der Waals surface area contributed by atoms with E-state index in [0.29, 0.717) is 19.3 Å². The molecule has 0 fully saturated rings. The second-order valence-electron chi connectivity index (χ2n) is 17.6. The van der Waals surface area contributed by atoms with Crippen LogP contribution in [0.5, 0.6) is 0 Å². The highest BCUT2D eigenvalue weighted by Gasteiger charge is 2.24. The van der Waals surface area contributed by atoms with Crippen LogP contribution >= 0.6 is 0 Å². The zero-order valence-corrected chi connectivity index (χ0v) is 41.6. The molecule has 6 heteroatoms. The van der Waals surface area contributed by atoms with Gasteiger partial charge >= 0.3 is 5.97 Å². The summed E-state index contributed by atoms with van der Waals surface area (Å²) in [4.78, 5) is 26.2. The van der Waals surface area contributed by atoms with Gasteiger partial charge in [0.05, 0.1) is 25.2 Å². The van der Waals surface area contributed by atoms with E-state index in [0.717, 1.165) is 109 Å². The van der Waals surface area contributed by atoms with Gasteiger partial charge in [-0.1, -0.05) is 227 Å². The SMILES string of the molecule is CC/C=C\C/C=C\C/C=C\C/C=C\C/C=C\CCCC(CC(=O)NC(CO)C(O)CCCCCCCCCCCC)OC(=O)CCCCCCC/C=C/C=C/C=C/CCCCCCC. The van der Waals surface area contributed by atoms with Crippen molar-refractivity contribution >= 4 is 11.9 Å². The molecular formula is C58H99NO5. The maximum atomic E-state index is 13.2. The molecule has 0 aromatic rings. The van der Waals surface area contributed by atoms with Crippen molar-refractivity contribution in [3.63, 3.8) is 0 Å². The number of hydrogen-bond acceptors (Lipinski definition) is 5. The van der Waals surface area contributed by atoms with Gasteiger partial charge in [-0.05, 0) is 89.9 Å². The van der Waals surface area contributed by atoms with Crippen LogP contribution in [0.15, 0.2) is 97.2 Å². The Morgan fingerprint density at radius 1 is 0.484 bits per heavy atom. The Hall–Kier alpha value is -3.22. The Kier molecular flexibility index (Phi) is 48.2. The number of unbranched alkanes of at least 4 members (excludes halogenated alkanes) is 20. The molecular weight excluding hydrogens is 791 g/mol. The molecule has 0 heterocycles. The first-order chi connectivity index (χ1) is 31.5. The Labute approximate surface area is 395 Å². The Bertz CT molecular complexity index is 1270. The monoisotopic (exact) mass is 890 g/mol. The van der Waals surface area contributed by atoms with Crippen LogP contribution in [0.4, 0.5) is 0 Å². The van der Waals surface area contributed by atoms with E-state index < -0.39 is 18.2 Å². The van der Waals surface area contributed by atoms with Gasteiger partial charge in [-0.2, -0.15) is 0 Å². The van der Waals surface area contributed by atoms with Gasteiger partial charge in [-0.15, -0.1) is 0 Å². The maximum absolute atomic E-state index is 13.2. The van der Waals surface area contributed by atoms with E-state index in [-0.39, 0.29) is 24.9 Å². The normalized spacial score (nSPS) is 14.0. The summed E-state index contributed by atoms with van der Waals surface area (Å²) in [6.07, 6.45) is 67.5. The first-order valence-electron chi connectivity index (χ1n) is 26.5. The fourth-order valence-corrected chi connectivity index (χ4v) is 7.46. The van der Waals surface area contributed by atoms with E-state index in [1.165, 1.54) is 77.0 Å². The van der Waals surface area contributed by atoms with Gasteiger partial charge in [0, 0.05) is 6.42 Å². The lowest BCUT2D eigenvalue weighted by Gasteiger charge is -2.24. The molecule has 3 unspecified atom stereocenters. The van der Waals surface area contributed by atoms with Gasteiger partial charge in [-0.3, -0.25) is 9.59 Å². The minimum Gasteiger partial charge on any atom is -0.462 e. The van der Waals surface area contributed by atoms with Crippen molar-refractivity contribution in [1.82, 2.24) is 5.32 Å². The van der Waals surface area contributed by atoms with Crippen molar-refractivity contribution in [2.24, 2.45) is 0 Å².